The first-order valence-corrected chi connectivity index (χ1v) is 9.63. The van der Waals surface area contributed by atoms with Crippen LogP contribution in [-0.4, -0.2) is 19.7 Å². The monoisotopic (exact) mass is 335 g/mol. The normalized spacial score (nSPS) is 28.7. The van der Waals surface area contributed by atoms with Crippen molar-refractivity contribution in [1.29, 1.82) is 0 Å². The largest absolute Gasteiger partial charge is 0.496 e. The van der Waals surface area contributed by atoms with Crippen molar-refractivity contribution in [2.24, 2.45) is 11.8 Å². The number of hydrogen-bond acceptors (Lipinski definition) is 2. The highest BCUT2D eigenvalue weighted by Gasteiger charge is 2.45. The summed E-state index contributed by atoms with van der Waals surface area (Å²) in [6.45, 7) is 5.66. The van der Waals surface area contributed by atoms with Gasteiger partial charge < -0.3 is 9.64 Å². The number of benzene rings is 2. The molecule has 0 radical (unpaired) electrons. The molecule has 2 aromatic carbocycles. The molecule has 1 heterocycles. The molecule has 1 saturated carbocycles. The highest BCUT2D eigenvalue weighted by molar-refractivity contribution is 5.54. The van der Waals surface area contributed by atoms with Crippen LogP contribution in [0.3, 0.4) is 0 Å². The van der Waals surface area contributed by atoms with Crippen LogP contribution in [0.2, 0.25) is 0 Å². The van der Waals surface area contributed by atoms with Crippen molar-refractivity contribution < 1.29 is 4.74 Å². The summed E-state index contributed by atoms with van der Waals surface area (Å²) in [4.78, 5) is 2.57. The van der Waals surface area contributed by atoms with Gasteiger partial charge in [-0.1, -0.05) is 36.4 Å². The van der Waals surface area contributed by atoms with Crippen LogP contribution in [-0.2, 0) is 0 Å². The summed E-state index contributed by atoms with van der Waals surface area (Å²) in [6, 6.07) is 18.3. The summed E-state index contributed by atoms with van der Waals surface area (Å²) in [5.74, 6) is 3.59. The van der Waals surface area contributed by atoms with Crippen molar-refractivity contribution in [3.63, 3.8) is 0 Å². The molecule has 132 valence electrons. The summed E-state index contributed by atoms with van der Waals surface area (Å²) >= 11 is 0. The van der Waals surface area contributed by atoms with Gasteiger partial charge in [0.05, 0.1) is 7.11 Å². The molecular formula is C23H29NO. The van der Waals surface area contributed by atoms with Gasteiger partial charge in [0.1, 0.15) is 5.75 Å². The summed E-state index contributed by atoms with van der Waals surface area (Å²) in [7, 11) is 1.76. The Morgan fingerprint density at radius 2 is 1.84 bits per heavy atom. The van der Waals surface area contributed by atoms with Crippen LogP contribution in [0.4, 0.5) is 5.69 Å². The maximum absolute atomic E-state index is 5.52. The average molecular weight is 335 g/mol. The molecule has 2 aliphatic rings. The Balaban J connectivity index is 1.41. The van der Waals surface area contributed by atoms with E-state index in [4.69, 9.17) is 4.74 Å². The predicted octanol–water partition coefficient (Wildman–Crippen LogP) is 5.41. The van der Waals surface area contributed by atoms with E-state index in [1.807, 2.05) is 0 Å². The third kappa shape index (κ3) is 3.27. The highest BCUT2D eigenvalue weighted by Crippen LogP contribution is 2.55. The van der Waals surface area contributed by atoms with E-state index < -0.39 is 0 Å². The number of methoxy groups -OCH3 is 1. The van der Waals surface area contributed by atoms with Gasteiger partial charge in [0.15, 0.2) is 0 Å². The molecule has 25 heavy (non-hydrogen) atoms. The Hall–Kier alpha value is -1.96. The Labute approximate surface area is 151 Å². The molecule has 2 aromatic rings. The quantitative estimate of drug-likeness (QED) is 0.740. The second-order valence-electron chi connectivity index (χ2n) is 7.90. The minimum absolute atomic E-state index is 0.600. The number of ether oxygens (including phenoxy) is 1. The Morgan fingerprint density at radius 3 is 2.56 bits per heavy atom. The van der Waals surface area contributed by atoms with E-state index >= 15 is 0 Å². The SMILES string of the molecule is COc1cc(N2CCC(C3CC3c3ccccc3)CC2C)ccc1C. The van der Waals surface area contributed by atoms with Crippen molar-refractivity contribution in [2.45, 2.75) is 45.1 Å². The number of nitrogens with zero attached hydrogens (tertiary/aromatic N) is 1. The lowest BCUT2D eigenvalue weighted by atomic mass is 9.86. The smallest absolute Gasteiger partial charge is 0.123 e. The fraction of sp³-hybridized carbons (Fsp3) is 0.478. The summed E-state index contributed by atoms with van der Waals surface area (Å²) in [6.07, 6.45) is 4.01. The summed E-state index contributed by atoms with van der Waals surface area (Å²) < 4.78 is 5.52. The lowest BCUT2D eigenvalue weighted by Crippen LogP contribution is -2.41. The van der Waals surface area contributed by atoms with E-state index in [-0.39, 0.29) is 0 Å². The first-order valence-electron chi connectivity index (χ1n) is 9.63. The maximum atomic E-state index is 5.52. The average Bonchev–Trinajstić information content (AvgIpc) is 3.44. The molecule has 0 spiro atoms. The van der Waals surface area contributed by atoms with Gasteiger partial charge >= 0.3 is 0 Å². The van der Waals surface area contributed by atoms with Gasteiger partial charge in [-0.05, 0) is 68.1 Å². The summed E-state index contributed by atoms with van der Waals surface area (Å²) in [5.41, 5.74) is 4.06. The zero-order valence-corrected chi connectivity index (χ0v) is 15.6. The van der Waals surface area contributed by atoms with E-state index in [2.05, 4.69) is 67.3 Å². The molecule has 0 bridgehead atoms. The van der Waals surface area contributed by atoms with Crippen molar-refractivity contribution >= 4 is 5.69 Å². The first kappa shape index (κ1) is 16.5. The fourth-order valence-corrected chi connectivity index (χ4v) is 4.79. The van der Waals surface area contributed by atoms with Crippen molar-refractivity contribution in [1.82, 2.24) is 0 Å². The lowest BCUT2D eigenvalue weighted by Gasteiger charge is -2.40. The standard InChI is InChI=1S/C23H29NO/c1-16-9-10-20(14-23(16)25-3)24-12-11-19(13-17(24)2)22-15-21(22)18-7-5-4-6-8-18/h4-10,14,17,19,21-22H,11-13,15H2,1-3H3. The molecular weight excluding hydrogens is 306 g/mol. The van der Waals surface area contributed by atoms with Crippen LogP contribution in [0.25, 0.3) is 0 Å². The minimum Gasteiger partial charge on any atom is -0.496 e. The highest BCUT2D eigenvalue weighted by atomic mass is 16.5. The number of rotatable bonds is 4. The van der Waals surface area contributed by atoms with Crippen LogP contribution in [0.5, 0.6) is 5.75 Å². The zero-order chi connectivity index (χ0) is 17.4. The summed E-state index contributed by atoms with van der Waals surface area (Å²) in [5, 5.41) is 0. The zero-order valence-electron chi connectivity index (χ0n) is 15.6. The second kappa shape index (κ2) is 6.74. The Kier molecular flexibility index (Phi) is 4.45. The Morgan fingerprint density at radius 1 is 1.04 bits per heavy atom. The van der Waals surface area contributed by atoms with E-state index in [0.29, 0.717) is 6.04 Å². The van der Waals surface area contributed by atoms with E-state index in [9.17, 15) is 0 Å². The fourth-order valence-electron chi connectivity index (χ4n) is 4.79. The molecule has 1 aliphatic heterocycles. The first-order chi connectivity index (χ1) is 12.2. The molecule has 2 nitrogen and oxygen atoms in total. The Bertz CT molecular complexity index is 726. The number of hydrogen-bond donors (Lipinski definition) is 0. The molecule has 0 amide bonds. The van der Waals surface area contributed by atoms with Crippen molar-refractivity contribution in [3.05, 3.63) is 59.7 Å². The lowest BCUT2D eigenvalue weighted by molar-refractivity contribution is 0.314. The number of piperidine rings is 1. The molecule has 4 rings (SSSR count). The van der Waals surface area contributed by atoms with E-state index in [1.165, 1.54) is 30.5 Å². The van der Waals surface area contributed by atoms with Gasteiger partial charge in [-0.25, -0.2) is 0 Å². The number of aryl methyl sites for hydroxylation is 1. The van der Waals surface area contributed by atoms with E-state index in [0.717, 1.165) is 30.0 Å². The van der Waals surface area contributed by atoms with Gasteiger partial charge in [-0.15, -0.1) is 0 Å². The van der Waals surface area contributed by atoms with Gasteiger partial charge in [0.2, 0.25) is 0 Å². The van der Waals surface area contributed by atoms with Gasteiger partial charge in [0.25, 0.3) is 0 Å². The van der Waals surface area contributed by atoms with Crippen LogP contribution < -0.4 is 9.64 Å². The van der Waals surface area contributed by atoms with Crippen LogP contribution in [0.15, 0.2) is 48.5 Å². The predicted molar refractivity (Wildman–Crippen MR) is 105 cm³/mol. The topological polar surface area (TPSA) is 12.5 Å². The molecule has 2 heteroatoms. The molecule has 2 fully saturated rings. The minimum atomic E-state index is 0.600. The number of anilines is 1. The molecule has 4 unspecified atom stereocenters. The molecule has 4 atom stereocenters. The van der Waals surface area contributed by atoms with Gasteiger partial charge in [-0.2, -0.15) is 0 Å². The third-order valence-corrected chi connectivity index (χ3v) is 6.31. The maximum Gasteiger partial charge on any atom is 0.123 e. The van der Waals surface area contributed by atoms with Gasteiger partial charge in [0, 0.05) is 24.3 Å². The molecule has 1 saturated heterocycles. The third-order valence-electron chi connectivity index (χ3n) is 6.31. The second-order valence-corrected chi connectivity index (χ2v) is 7.90. The molecule has 0 N–H and O–H groups in total. The van der Waals surface area contributed by atoms with Crippen LogP contribution >= 0.6 is 0 Å². The van der Waals surface area contributed by atoms with Crippen LogP contribution in [0, 0.1) is 18.8 Å². The van der Waals surface area contributed by atoms with Crippen LogP contribution in [0.1, 0.15) is 43.2 Å². The molecule has 0 aromatic heterocycles. The van der Waals surface area contributed by atoms with Crippen molar-refractivity contribution in [2.75, 3.05) is 18.6 Å². The van der Waals surface area contributed by atoms with Crippen molar-refractivity contribution in [3.8, 4) is 5.75 Å². The van der Waals surface area contributed by atoms with Gasteiger partial charge in [-0.3, -0.25) is 0 Å². The van der Waals surface area contributed by atoms with E-state index in [1.54, 1.807) is 12.7 Å². The molecule has 1 aliphatic carbocycles.